The molecule has 0 rings (SSSR count). The molecule has 0 heterocycles. The second-order valence-corrected chi connectivity index (χ2v) is 5.36. The SMILES string of the molecule is CCSCCC(C)NCC(=O)NCCCOC. The standard InChI is InChI=1S/C12H26N2O2S/c1-4-17-9-6-11(2)14-10-12(15)13-7-5-8-16-3/h11,14H,4-10H2,1-3H3,(H,13,15). The molecule has 0 bridgehead atoms. The molecule has 0 saturated heterocycles. The summed E-state index contributed by atoms with van der Waals surface area (Å²) in [6.45, 7) is 6.07. The fraction of sp³-hybridized carbons (Fsp3) is 0.917. The van der Waals surface area contributed by atoms with Crippen molar-refractivity contribution in [1.29, 1.82) is 0 Å². The molecule has 5 heteroatoms. The quantitative estimate of drug-likeness (QED) is 0.550. The fourth-order valence-corrected chi connectivity index (χ4v) is 2.09. The Bertz CT molecular complexity index is 191. The van der Waals surface area contributed by atoms with E-state index in [1.165, 1.54) is 0 Å². The first-order valence-corrected chi connectivity index (χ1v) is 7.43. The molecule has 0 aromatic rings. The molecule has 0 fully saturated rings. The van der Waals surface area contributed by atoms with Gasteiger partial charge in [-0.25, -0.2) is 0 Å². The van der Waals surface area contributed by atoms with Crippen LogP contribution in [0.15, 0.2) is 0 Å². The zero-order valence-corrected chi connectivity index (χ0v) is 12.1. The second-order valence-electron chi connectivity index (χ2n) is 3.96. The average molecular weight is 262 g/mol. The van der Waals surface area contributed by atoms with Crippen LogP contribution in [0.5, 0.6) is 0 Å². The number of rotatable bonds is 11. The van der Waals surface area contributed by atoms with E-state index in [-0.39, 0.29) is 5.91 Å². The Morgan fingerprint density at radius 1 is 1.47 bits per heavy atom. The van der Waals surface area contributed by atoms with Crippen molar-refractivity contribution < 1.29 is 9.53 Å². The number of nitrogens with one attached hydrogen (secondary N) is 2. The Morgan fingerprint density at radius 2 is 2.24 bits per heavy atom. The summed E-state index contributed by atoms with van der Waals surface area (Å²) in [5.74, 6) is 2.38. The van der Waals surface area contributed by atoms with Crippen molar-refractivity contribution in [2.45, 2.75) is 32.7 Å². The van der Waals surface area contributed by atoms with Crippen LogP contribution in [0.2, 0.25) is 0 Å². The Hall–Kier alpha value is -0.260. The lowest BCUT2D eigenvalue weighted by Gasteiger charge is -2.13. The number of amides is 1. The third kappa shape index (κ3) is 12.0. The van der Waals surface area contributed by atoms with Crippen molar-refractivity contribution in [3.05, 3.63) is 0 Å². The van der Waals surface area contributed by atoms with Gasteiger partial charge in [0, 0.05) is 26.3 Å². The highest BCUT2D eigenvalue weighted by Crippen LogP contribution is 2.03. The molecule has 0 aliphatic carbocycles. The largest absolute Gasteiger partial charge is 0.385 e. The first-order chi connectivity index (χ1) is 8.20. The third-order valence-electron chi connectivity index (χ3n) is 2.36. The Balaban J connectivity index is 3.36. The summed E-state index contributed by atoms with van der Waals surface area (Å²) >= 11 is 1.94. The molecule has 17 heavy (non-hydrogen) atoms. The van der Waals surface area contributed by atoms with Crippen LogP contribution in [0, 0.1) is 0 Å². The lowest BCUT2D eigenvalue weighted by atomic mass is 10.2. The Labute approximate surface area is 109 Å². The van der Waals surface area contributed by atoms with Crippen LogP contribution in [0.25, 0.3) is 0 Å². The number of ether oxygens (including phenoxy) is 1. The summed E-state index contributed by atoms with van der Waals surface area (Å²) in [5.41, 5.74) is 0. The van der Waals surface area contributed by atoms with Gasteiger partial charge in [-0.3, -0.25) is 4.79 Å². The molecule has 0 aliphatic heterocycles. The molecule has 0 aromatic carbocycles. The van der Waals surface area contributed by atoms with E-state index >= 15 is 0 Å². The average Bonchev–Trinajstić information content (AvgIpc) is 2.32. The van der Waals surface area contributed by atoms with Gasteiger partial charge in [0.05, 0.1) is 6.54 Å². The molecule has 4 nitrogen and oxygen atoms in total. The van der Waals surface area contributed by atoms with Crippen molar-refractivity contribution in [3.63, 3.8) is 0 Å². The van der Waals surface area contributed by atoms with Crippen molar-refractivity contribution in [1.82, 2.24) is 10.6 Å². The minimum Gasteiger partial charge on any atom is -0.385 e. The van der Waals surface area contributed by atoms with E-state index < -0.39 is 0 Å². The van der Waals surface area contributed by atoms with Gasteiger partial charge in [0.25, 0.3) is 0 Å². The van der Waals surface area contributed by atoms with Crippen LogP contribution in [0.4, 0.5) is 0 Å². The van der Waals surface area contributed by atoms with E-state index in [1.54, 1.807) is 7.11 Å². The maximum atomic E-state index is 11.4. The van der Waals surface area contributed by atoms with Gasteiger partial charge in [-0.05, 0) is 31.3 Å². The van der Waals surface area contributed by atoms with E-state index in [0.717, 1.165) is 24.3 Å². The zero-order chi connectivity index (χ0) is 12.9. The van der Waals surface area contributed by atoms with Crippen molar-refractivity contribution in [2.75, 3.05) is 38.3 Å². The molecule has 0 saturated carbocycles. The van der Waals surface area contributed by atoms with Gasteiger partial charge in [-0.15, -0.1) is 0 Å². The monoisotopic (exact) mass is 262 g/mol. The van der Waals surface area contributed by atoms with Crippen molar-refractivity contribution in [3.8, 4) is 0 Å². The molecule has 1 atom stereocenters. The molecule has 0 aromatic heterocycles. The number of carbonyl (C=O) groups is 1. The summed E-state index contributed by atoms with van der Waals surface area (Å²) in [7, 11) is 1.67. The van der Waals surface area contributed by atoms with Crippen LogP contribution < -0.4 is 10.6 Å². The van der Waals surface area contributed by atoms with E-state index in [1.807, 2.05) is 11.8 Å². The van der Waals surface area contributed by atoms with E-state index in [9.17, 15) is 4.79 Å². The molecule has 1 amide bonds. The van der Waals surface area contributed by atoms with Crippen LogP contribution in [-0.2, 0) is 9.53 Å². The summed E-state index contributed by atoms with van der Waals surface area (Å²) in [6, 6.07) is 0.402. The van der Waals surface area contributed by atoms with Crippen LogP contribution in [0.3, 0.4) is 0 Å². The first kappa shape index (κ1) is 16.7. The van der Waals surface area contributed by atoms with Gasteiger partial charge in [-0.1, -0.05) is 6.92 Å². The molecule has 0 spiro atoms. The fourth-order valence-electron chi connectivity index (χ4n) is 1.28. The van der Waals surface area contributed by atoms with Gasteiger partial charge in [0.1, 0.15) is 0 Å². The molecular weight excluding hydrogens is 236 g/mol. The lowest BCUT2D eigenvalue weighted by molar-refractivity contribution is -0.120. The van der Waals surface area contributed by atoms with Gasteiger partial charge in [0.15, 0.2) is 0 Å². The molecule has 0 aliphatic rings. The Morgan fingerprint density at radius 3 is 2.88 bits per heavy atom. The number of hydrogen-bond acceptors (Lipinski definition) is 4. The maximum absolute atomic E-state index is 11.4. The zero-order valence-electron chi connectivity index (χ0n) is 11.3. The van der Waals surface area contributed by atoms with Gasteiger partial charge < -0.3 is 15.4 Å². The van der Waals surface area contributed by atoms with Crippen LogP contribution in [-0.4, -0.2) is 50.3 Å². The highest BCUT2D eigenvalue weighted by atomic mass is 32.2. The van der Waals surface area contributed by atoms with E-state index in [2.05, 4.69) is 24.5 Å². The lowest BCUT2D eigenvalue weighted by Crippen LogP contribution is -2.38. The number of methoxy groups -OCH3 is 1. The predicted octanol–water partition coefficient (Wildman–Crippen LogP) is 1.26. The van der Waals surface area contributed by atoms with Crippen molar-refractivity contribution in [2.24, 2.45) is 0 Å². The maximum Gasteiger partial charge on any atom is 0.233 e. The minimum absolute atomic E-state index is 0.0658. The number of hydrogen-bond donors (Lipinski definition) is 2. The number of thioether (sulfide) groups is 1. The predicted molar refractivity (Wildman–Crippen MR) is 74.6 cm³/mol. The van der Waals surface area contributed by atoms with Crippen LogP contribution in [0.1, 0.15) is 26.7 Å². The Kier molecular flexibility index (Phi) is 12.0. The third-order valence-corrected chi connectivity index (χ3v) is 3.29. The highest BCUT2D eigenvalue weighted by molar-refractivity contribution is 7.99. The molecule has 2 N–H and O–H groups in total. The smallest absolute Gasteiger partial charge is 0.233 e. The topological polar surface area (TPSA) is 50.4 Å². The molecule has 0 radical (unpaired) electrons. The van der Waals surface area contributed by atoms with Gasteiger partial charge >= 0.3 is 0 Å². The molecule has 1 unspecified atom stereocenters. The van der Waals surface area contributed by atoms with E-state index in [4.69, 9.17) is 4.74 Å². The summed E-state index contributed by atoms with van der Waals surface area (Å²) in [5, 5.41) is 6.08. The second kappa shape index (κ2) is 12.2. The number of carbonyl (C=O) groups excluding carboxylic acids is 1. The van der Waals surface area contributed by atoms with Crippen molar-refractivity contribution >= 4 is 17.7 Å². The minimum atomic E-state index is 0.0658. The highest BCUT2D eigenvalue weighted by Gasteiger charge is 2.04. The van der Waals surface area contributed by atoms with Crippen LogP contribution >= 0.6 is 11.8 Å². The first-order valence-electron chi connectivity index (χ1n) is 6.27. The summed E-state index contributed by atoms with van der Waals surface area (Å²) < 4.78 is 4.91. The normalized spacial score (nSPS) is 12.4. The summed E-state index contributed by atoms with van der Waals surface area (Å²) in [4.78, 5) is 11.4. The summed E-state index contributed by atoms with van der Waals surface area (Å²) in [6.07, 6.45) is 1.97. The van der Waals surface area contributed by atoms with E-state index in [0.29, 0.717) is 25.7 Å². The molecular formula is C12H26N2O2S. The van der Waals surface area contributed by atoms with Gasteiger partial charge in [0.2, 0.25) is 5.91 Å². The van der Waals surface area contributed by atoms with Gasteiger partial charge in [-0.2, -0.15) is 11.8 Å². The molecule has 102 valence electrons.